The molecule has 5 heterocycles. The minimum atomic E-state index is -0.379. The van der Waals surface area contributed by atoms with Gasteiger partial charge in [0.25, 0.3) is 5.56 Å². The lowest BCUT2D eigenvalue weighted by atomic mass is 9.78. The molecule has 2 saturated heterocycles. The van der Waals surface area contributed by atoms with Gasteiger partial charge in [-0.2, -0.15) is 16.9 Å². The molecule has 0 aromatic carbocycles. The molecular weight excluding hydrogens is 374 g/mol. The summed E-state index contributed by atoms with van der Waals surface area (Å²) in [5.74, 6) is 2.55. The number of nitrogens with one attached hydrogen (secondary N) is 1. The topological polar surface area (TPSA) is 74.2 Å². The van der Waals surface area contributed by atoms with Crippen molar-refractivity contribution in [1.82, 2.24) is 24.6 Å². The molecule has 2 aromatic heterocycles. The minimum absolute atomic E-state index is 0.0415. The Bertz CT molecular complexity index is 906. The molecule has 0 spiro atoms. The third-order valence-electron chi connectivity index (χ3n) is 6.26. The van der Waals surface area contributed by atoms with Gasteiger partial charge in [0.15, 0.2) is 0 Å². The average molecular weight is 400 g/mol. The zero-order valence-corrected chi connectivity index (χ0v) is 16.6. The molecule has 5 rings (SSSR count). The third-order valence-corrected chi connectivity index (χ3v) is 7.20. The summed E-state index contributed by atoms with van der Waals surface area (Å²) in [7, 11) is 0. The number of hydrogen-bond donors (Lipinski definition) is 1. The van der Waals surface area contributed by atoms with E-state index < -0.39 is 0 Å². The number of hydrogen-bond acceptors (Lipinski definition) is 5. The highest BCUT2D eigenvalue weighted by molar-refractivity contribution is 7.99. The molecule has 0 aliphatic carbocycles. The Balaban J connectivity index is 1.49. The van der Waals surface area contributed by atoms with E-state index in [4.69, 9.17) is 0 Å². The van der Waals surface area contributed by atoms with Crippen molar-refractivity contribution < 1.29 is 4.79 Å². The number of amides is 1. The highest BCUT2D eigenvalue weighted by Gasteiger charge is 2.44. The lowest BCUT2D eigenvalue weighted by molar-refractivity contribution is -0.138. The largest absolute Gasteiger partial charge is 0.339 e. The molecule has 2 aromatic rings. The van der Waals surface area contributed by atoms with Crippen LogP contribution in [0.5, 0.6) is 0 Å². The minimum Gasteiger partial charge on any atom is -0.339 e. The molecule has 1 N–H and O–H groups in total. The number of piperidine rings is 1. The normalized spacial score (nSPS) is 27.4. The number of carbonyl (C=O) groups is 1. The van der Waals surface area contributed by atoms with Gasteiger partial charge in [0.1, 0.15) is 6.04 Å². The summed E-state index contributed by atoms with van der Waals surface area (Å²) >= 11 is 1.89. The summed E-state index contributed by atoms with van der Waals surface area (Å²) < 4.78 is 1.82. The van der Waals surface area contributed by atoms with Gasteiger partial charge >= 0.3 is 0 Å². The van der Waals surface area contributed by atoms with Gasteiger partial charge in [0.2, 0.25) is 5.91 Å². The van der Waals surface area contributed by atoms with Gasteiger partial charge in [-0.05, 0) is 12.5 Å². The van der Waals surface area contributed by atoms with E-state index in [0.717, 1.165) is 61.9 Å². The van der Waals surface area contributed by atoms with Gasteiger partial charge in [0.05, 0.1) is 6.20 Å². The molecule has 1 amide bonds. The van der Waals surface area contributed by atoms with Gasteiger partial charge in [-0.25, -0.2) is 0 Å². The summed E-state index contributed by atoms with van der Waals surface area (Å²) in [6.45, 7) is 4.13. The van der Waals surface area contributed by atoms with Crippen molar-refractivity contribution in [2.24, 2.45) is 5.92 Å². The second-order valence-electron chi connectivity index (χ2n) is 8.03. The van der Waals surface area contributed by atoms with Crippen LogP contribution in [0.2, 0.25) is 0 Å². The Morgan fingerprint density at radius 2 is 2.11 bits per heavy atom. The maximum Gasteiger partial charge on any atom is 0.251 e. The van der Waals surface area contributed by atoms with Crippen LogP contribution in [0, 0.1) is 5.92 Å². The molecule has 0 unspecified atom stereocenters. The van der Waals surface area contributed by atoms with Gasteiger partial charge in [-0.1, -0.05) is 6.07 Å². The van der Waals surface area contributed by atoms with Gasteiger partial charge in [-0.15, -0.1) is 0 Å². The quantitative estimate of drug-likeness (QED) is 0.842. The number of pyridine rings is 1. The number of H-pyrrole nitrogens is 1. The van der Waals surface area contributed by atoms with Gasteiger partial charge in [0, 0.05) is 79.6 Å². The van der Waals surface area contributed by atoms with E-state index in [0.29, 0.717) is 5.92 Å². The Labute approximate surface area is 168 Å². The highest BCUT2D eigenvalue weighted by atomic mass is 32.2. The molecule has 8 heteroatoms. The van der Waals surface area contributed by atoms with Crippen LogP contribution in [0.1, 0.15) is 29.6 Å². The Hall–Kier alpha value is -2.06. The number of fused-ring (bicyclic) bond motifs is 4. The number of rotatable bonds is 3. The van der Waals surface area contributed by atoms with Gasteiger partial charge < -0.3 is 4.90 Å². The Kier molecular flexibility index (Phi) is 4.76. The fourth-order valence-electron chi connectivity index (χ4n) is 5.07. The lowest BCUT2D eigenvalue weighted by Gasteiger charge is -2.47. The van der Waals surface area contributed by atoms with Crippen molar-refractivity contribution >= 4 is 17.7 Å². The second kappa shape index (κ2) is 7.40. The summed E-state index contributed by atoms with van der Waals surface area (Å²) in [4.78, 5) is 30.7. The standard InChI is InChI=1S/C20H25N5O2S/c26-18-3-1-2-17-15-8-16(13-23(12-15)11-14-9-21-22-10-14)19(25(17)18)20(27)24-4-6-28-7-5-24/h1-3,9-10,15-16,19H,4-8,11-13H2,(H,21,22)/t15-,16+,19+/m0/s1. The fourth-order valence-corrected chi connectivity index (χ4v) is 5.97. The third kappa shape index (κ3) is 3.18. The van der Waals surface area contributed by atoms with E-state index in [2.05, 4.69) is 15.1 Å². The van der Waals surface area contributed by atoms with Crippen LogP contribution in [-0.4, -0.2) is 68.2 Å². The Morgan fingerprint density at radius 3 is 2.89 bits per heavy atom. The number of nitrogens with zero attached hydrogens (tertiary/aromatic N) is 4. The van der Waals surface area contributed by atoms with Gasteiger partial charge in [-0.3, -0.25) is 24.2 Å². The molecule has 0 radical (unpaired) electrons. The lowest BCUT2D eigenvalue weighted by Crippen LogP contribution is -2.54. The van der Waals surface area contributed by atoms with Crippen LogP contribution < -0.4 is 5.56 Å². The van der Waals surface area contributed by atoms with Crippen molar-refractivity contribution in [2.45, 2.75) is 24.9 Å². The molecule has 3 aliphatic rings. The average Bonchev–Trinajstić information content (AvgIpc) is 3.22. The first-order chi connectivity index (χ1) is 13.7. The van der Waals surface area contributed by atoms with Crippen LogP contribution in [0.3, 0.4) is 0 Å². The van der Waals surface area contributed by atoms with E-state index in [1.807, 2.05) is 45.8 Å². The molecular formula is C20H25N5O2S. The molecule has 0 saturated carbocycles. The van der Waals surface area contributed by atoms with Crippen molar-refractivity contribution in [3.63, 3.8) is 0 Å². The Morgan fingerprint density at radius 1 is 1.25 bits per heavy atom. The first kappa shape index (κ1) is 18.0. The second-order valence-corrected chi connectivity index (χ2v) is 9.26. The van der Waals surface area contributed by atoms with E-state index in [1.54, 1.807) is 6.07 Å². The maximum atomic E-state index is 13.5. The number of likely N-dealkylation sites (tertiary alicyclic amines) is 1. The highest BCUT2D eigenvalue weighted by Crippen LogP contribution is 2.42. The molecule has 3 aliphatic heterocycles. The summed E-state index contributed by atoms with van der Waals surface area (Å²) in [6.07, 6.45) is 4.76. The van der Waals surface area contributed by atoms with Crippen LogP contribution >= 0.6 is 11.8 Å². The summed E-state index contributed by atoms with van der Waals surface area (Å²) in [5, 5.41) is 6.93. The number of carbonyl (C=O) groups excluding carboxylic acids is 1. The van der Waals surface area contributed by atoms with E-state index in [9.17, 15) is 9.59 Å². The van der Waals surface area contributed by atoms with Crippen LogP contribution in [0.4, 0.5) is 0 Å². The van der Waals surface area contributed by atoms with E-state index in [1.165, 1.54) is 0 Å². The number of thioether (sulfide) groups is 1. The van der Waals surface area contributed by atoms with Crippen molar-refractivity contribution in [2.75, 3.05) is 37.7 Å². The predicted molar refractivity (Wildman–Crippen MR) is 108 cm³/mol. The summed E-state index contributed by atoms with van der Waals surface area (Å²) in [6, 6.07) is 5.09. The molecule has 7 nitrogen and oxygen atoms in total. The fraction of sp³-hybridized carbons (Fsp3) is 0.550. The number of aromatic nitrogens is 3. The van der Waals surface area contributed by atoms with Crippen LogP contribution in [0.15, 0.2) is 35.4 Å². The van der Waals surface area contributed by atoms with Crippen molar-refractivity contribution in [3.05, 3.63) is 52.2 Å². The summed E-state index contributed by atoms with van der Waals surface area (Å²) in [5.41, 5.74) is 2.13. The van der Waals surface area contributed by atoms with Crippen LogP contribution in [0.25, 0.3) is 0 Å². The molecule has 2 bridgehead atoms. The first-order valence-electron chi connectivity index (χ1n) is 9.98. The van der Waals surface area contributed by atoms with E-state index >= 15 is 0 Å². The SMILES string of the molecule is O=C([C@H]1[C@@H]2C[C@@H](CN(Cc3cn[nH]c3)C2)c2cccc(=O)n21)N1CCSCC1. The van der Waals surface area contributed by atoms with Crippen molar-refractivity contribution in [3.8, 4) is 0 Å². The maximum absolute atomic E-state index is 13.5. The molecule has 28 heavy (non-hydrogen) atoms. The van der Waals surface area contributed by atoms with Crippen LogP contribution in [-0.2, 0) is 11.3 Å². The van der Waals surface area contributed by atoms with Crippen molar-refractivity contribution in [1.29, 1.82) is 0 Å². The monoisotopic (exact) mass is 399 g/mol. The molecule has 148 valence electrons. The zero-order chi connectivity index (χ0) is 19.1. The zero-order valence-electron chi connectivity index (χ0n) is 15.8. The van der Waals surface area contributed by atoms with E-state index in [-0.39, 0.29) is 23.4 Å². The first-order valence-corrected chi connectivity index (χ1v) is 11.1. The smallest absolute Gasteiger partial charge is 0.251 e. The number of aromatic amines is 1. The molecule has 2 fully saturated rings. The molecule has 3 atom stereocenters. The predicted octanol–water partition coefficient (Wildman–Crippen LogP) is 1.31.